The highest BCUT2D eigenvalue weighted by Crippen LogP contribution is 2.36. The van der Waals surface area contributed by atoms with Gasteiger partial charge < -0.3 is 10.6 Å². The molecule has 1 aliphatic carbocycles. The molecule has 3 atom stereocenters. The molecule has 0 radical (unpaired) electrons. The first-order chi connectivity index (χ1) is 9.74. The first-order valence-electron chi connectivity index (χ1n) is 7.99. The molecular weight excluding hydrogens is 268 g/mol. The summed E-state index contributed by atoms with van der Waals surface area (Å²) in [6.45, 7) is 2.41. The largest absolute Gasteiger partial charge is 0.324 e. The maximum absolute atomic E-state index is 6.32. The normalized spacial score (nSPS) is 28.3. The van der Waals surface area contributed by atoms with Gasteiger partial charge in [-0.25, -0.2) is 0 Å². The SMILES string of the molecule is NC(CCN1CCC2CCCCC21)c1cccc(Cl)c1. The molecule has 3 heteroatoms. The van der Waals surface area contributed by atoms with Crippen molar-refractivity contribution in [3.63, 3.8) is 0 Å². The Morgan fingerprint density at radius 3 is 2.95 bits per heavy atom. The minimum Gasteiger partial charge on any atom is -0.324 e. The molecule has 2 fully saturated rings. The Bertz CT molecular complexity index is 448. The zero-order chi connectivity index (χ0) is 13.9. The monoisotopic (exact) mass is 292 g/mol. The van der Waals surface area contributed by atoms with Gasteiger partial charge in [0.25, 0.3) is 0 Å². The fourth-order valence-corrected chi connectivity index (χ4v) is 4.19. The van der Waals surface area contributed by atoms with E-state index in [1.807, 2.05) is 18.2 Å². The van der Waals surface area contributed by atoms with Crippen LogP contribution in [-0.4, -0.2) is 24.0 Å². The number of benzene rings is 1. The Hall–Kier alpha value is -0.570. The molecular formula is C17H25ClN2. The maximum atomic E-state index is 6.32. The lowest BCUT2D eigenvalue weighted by Gasteiger charge is -2.32. The molecule has 2 N–H and O–H groups in total. The van der Waals surface area contributed by atoms with Crippen molar-refractivity contribution >= 4 is 11.6 Å². The van der Waals surface area contributed by atoms with Crippen molar-refractivity contribution < 1.29 is 0 Å². The number of hydrogen-bond acceptors (Lipinski definition) is 2. The van der Waals surface area contributed by atoms with Crippen LogP contribution >= 0.6 is 11.6 Å². The highest BCUT2D eigenvalue weighted by atomic mass is 35.5. The zero-order valence-electron chi connectivity index (χ0n) is 12.1. The van der Waals surface area contributed by atoms with Crippen molar-refractivity contribution in [3.05, 3.63) is 34.9 Å². The van der Waals surface area contributed by atoms with E-state index >= 15 is 0 Å². The molecule has 1 aliphatic heterocycles. The number of hydrogen-bond donors (Lipinski definition) is 1. The highest BCUT2D eigenvalue weighted by Gasteiger charge is 2.35. The van der Waals surface area contributed by atoms with E-state index in [4.69, 9.17) is 17.3 Å². The van der Waals surface area contributed by atoms with E-state index in [2.05, 4.69) is 11.0 Å². The molecule has 3 rings (SSSR count). The second-order valence-corrected chi connectivity index (χ2v) is 6.82. The van der Waals surface area contributed by atoms with Crippen LogP contribution in [0.5, 0.6) is 0 Å². The average Bonchev–Trinajstić information content (AvgIpc) is 2.88. The molecule has 20 heavy (non-hydrogen) atoms. The maximum Gasteiger partial charge on any atom is 0.0409 e. The van der Waals surface area contributed by atoms with E-state index in [1.54, 1.807) is 0 Å². The lowest BCUT2D eigenvalue weighted by atomic mass is 9.85. The summed E-state index contributed by atoms with van der Waals surface area (Å²) < 4.78 is 0. The molecule has 1 saturated carbocycles. The lowest BCUT2D eigenvalue weighted by molar-refractivity contribution is 0.178. The van der Waals surface area contributed by atoms with Gasteiger partial charge in [-0.05, 0) is 55.8 Å². The minimum absolute atomic E-state index is 0.108. The quantitative estimate of drug-likeness (QED) is 0.909. The van der Waals surface area contributed by atoms with Crippen LogP contribution in [-0.2, 0) is 0 Å². The van der Waals surface area contributed by atoms with E-state index in [0.29, 0.717) is 0 Å². The van der Waals surface area contributed by atoms with Gasteiger partial charge in [0, 0.05) is 23.7 Å². The number of halogens is 1. The lowest BCUT2D eigenvalue weighted by Crippen LogP contribution is -2.36. The second kappa shape index (κ2) is 6.46. The third kappa shape index (κ3) is 3.19. The van der Waals surface area contributed by atoms with Gasteiger partial charge in [-0.1, -0.05) is 36.6 Å². The van der Waals surface area contributed by atoms with Gasteiger partial charge in [0.15, 0.2) is 0 Å². The first kappa shape index (κ1) is 14.4. The summed E-state index contributed by atoms with van der Waals surface area (Å²) >= 11 is 6.04. The van der Waals surface area contributed by atoms with Crippen molar-refractivity contribution in [3.8, 4) is 0 Å². The summed E-state index contributed by atoms with van der Waals surface area (Å²) in [5.74, 6) is 0.964. The van der Waals surface area contributed by atoms with Gasteiger partial charge >= 0.3 is 0 Å². The minimum atomic E-state index is 0.108. The summed E-state index contributed by atoms with van der Waals surface area (Å²) in [5.41, 5.74) is 7.49. The average molecular weight is 293 g/mol. The van der Waals surface area contributed by atoms with Crippen LogP contribution in [0.2, 0.25) is 5.02 Å². The molecule has 1 aromatic carbocycles. The number of nitrogens with zero attached hydrogens (tertiary/aromatic N) is 1. The van der Waals surface area contributed by atoms with Crippen molar-refractivity contribution in [2.45, 2.75) is 50.6 Å². The molecule has 1 saturated heterocycles. The predicted molar refractivity (Wildman–Crippen MR) is 84.9 cm³/mol. The van der Waals surface area contributed by atoms with Crippen LogP contribution in [0, 0.1) is 5.92 Å². The first-order valence-corrected chi connectivity index (χ1v) is 8.37. The van der Waals surface area contributed by atoms with Crippen LogP contribution in [0.4, 0.5) is 0 Å². The molecule has 0 bridgehead atoms. The zero-order valence-corrected chi connectivity index (χ0v) is 12.9. The summed E-state index contributed by atoms with van der Waals surface area (Å²) in [4.78, 5) is 2.69. The van der Waals surface area contributed by atoms with Gasteiger partial charge in [-0.3, -0.25) is 0 Å². The van der Waals surface area contributed by atoms with Crippen molar-refractivity contribution in [1.29, 1.82) is 0 Å². The summed E-state index contributed by atoms with van der Waals surface area (Å²) in [5, 5.41) is 0.784. The standard InChI is InChI=1S/C17H25ClN2/c18-15-6-3-5-14(12-15)16(19)9-11-20-10-8-13-4-1-2-7-17(13)20/h3,5-6,12-13,16-17H,1-2,4,7-11,19H2. The molecule has 0 aromatic heterocycles. The van der Waals surface area contributed by atoms with Crippen LogP contribution in [0.25, 0.3) is 0 Å². The number of rotatable bonds is 4. The topological polar surface area (TPSA) is 29.3 Å². The Balaban J connectivity index is 1.54. The third-order valence-corrected chi connectivity index (χ3v) is 5.36. The Labute approximate surface area is 127 Å². The van der Waals surface area contributed by atoms with Gasteiger partial charge in [0.2, 0.25) is 0 Å². The molecule has 110 valence electrons. The van der Waals surface area contributed by atoms with Crippen molar-refractivity contribution in [2.24, 2.45) is 11.7 Å². The molecule has 0 amide bonds. The highest BCUT2D eigenvalue weighted by molar-refractivity contribution is 6.30. The number of fused-ring (bicyclic) bond motifs is 1. The Morgan fingerprint density at radius 2 is 2.10 bits per heavy atom. The third-order valence-electron chi connectivity index (χ3n) is 5.13. The molecule has 3 unspecified atom stereocenters. The van der Waals surface area contributed by atoms with Crippen molar-refractivity contribution in [2.75, 3.05) is 13.1 Å². The van der Waals surface area contributed by atoms with E-state index in [-0.39, 0.29) is 6.04 Å². The Kier molecular flexibility index (Phi) is 4.65. The van der Waals surface area contributed by atoms with E-state index in [1.165, 1.54) is 38.6 Å². The molecule has 0 spiro atoms. The molecule has 2 aliphatic rings. The van der Waals surface area contributed by atoms with Crippen LogP contribution in [0.15, 0.2) is 24.3 Å². The van der Waals surface area contributed by atoms with E-state index in [9.17, 15) is 0 Å². The summed E-state index contributed by atoms with van der Waals surface area (Å²) in [7, 11) is 0. The molecule has 1 heterocycles. The van der Waals surface area contributed by atoms with Gasteiger partial charge in [-0.2, -0.15) is 0 Å². The van der Waals surface area contributed by atoms with Gasteiger partial charge in [-0.15, -0.1) is 0 Å². The Morgan fingerprint density at radius 1 is 1.25 bits per heavy atom. The predicted octanol–water partition coefficient (Wildman–Crippen LogP) is 3.99. The van der Waals surface area contributed by atoms with Crippen molar-refractivity contribution in [1.82, 2.24) is 4.90 Å². The fraction of sp³-hybridized carbons (Fsp3) is 0.647. The summed E-state index contributed by atoms with van der Waals surface area (Å²) in [6, 6.07) is 8.94. The van der Waals surface area contributed by atoms with Gasteiger partial charge in [0.05, 0.1) is 0 Å². The molecule has 1 aromatic rings. The summed E-state index contributed by atoms with van der Waals surface area (Å²) in [6.07, 6.45) is 8.13. The van der Waals surface area contributed by atoms with Crippen LogP contribution in [0.1, 0.15) is 50.1 Å². The fourth-order valence-electron chi connectivity index (χ4n) is 3.99. The number of likely N-dealkylation sites (tertiary alicyclic amines) is 1. The van der Waals surface area contributed by atoms with Gasteiger partial charge in [0.1, 0.15) is 0 Å². The number of nitrogens with two attached hydrogens (primary N) is 1. The molecule has 2 nitrogen and oxygen atoms in total. The second-order valence-electron chi connectivity index (χ2n) is 6.39. The smallest absolute Gasteiger partial charge is 0.0409 e. The van der Waals surface area contributed by atoms with E-state index < -0.39 is 0 Å². The van der Waals surface area contributed by atoms with E-state index in [0.717, 1.165) is 35.5 Å². The van der Waals surface area contributed by atoms with Crippen LogP contribution < -0.4 is 5.73 Å². The van der Waals surface area contributed by atoms with Crippen LogP contribution in [0.3, 0.4) is 0 Å².